The quantitative estimate of drug-likeness (QED) is 0.437. The van der Waals surface area contributed by atoms with Crippen LogP contribution in [0.15, 0.2) is 0 Å². The lowest BCUT2D eigenvalue weighted by Gasteiger charge is -2.11. The maximum atomic E-state index is 11.0. The highest BCUT2D eigenvalue weighted by Crippen LogP contribution is 1.87. The molecular formula is C8H17NO3. The molecule has 12 heavy (non-hydrogen) atoms. The van der Waals surface area contributed by atoms with Crippen LogP contribution >= 0.6 is 0 Å². The smallest absolute Gasteiger partial charge is 0.322 e. The largest absolute Gasteiger partial charge is 0.465 e. The Labute approximate surface area is 72.9 Å². The molecule has 0 aliphatic heterocycles. The Bertz CT molecular complexity index is 127. The summed E-state index contributed by atoms with van der Waals surface area (Å²) in [4.78, 5) is 11.0. The summed E-state index contributed by atoms with van der Waals surface area (Å²) in [5, 5.41) is 11.4. The highest BCUT2D eigenvalue weighted by Gasteiger charge is 2.11. The van der Waals surface area contributed by atoms with Crippen LogP contribution in [0.3, 0.4) is 0 Å². The van der Waals surface area contributed by atoms with Crippen molar-refractivity contribution in [1.29, 1.82) is 0 Å². The fourth-order valence-electron chi connectivity index (χ4n) is 0.748. The zero-order valence-corrected chi connectivity index (χ0v) is 7.67. The fraction of sp³-hybridized carbons (Fsp3) is 0.875. The van der Waals surface area contributed by atoms with Gasteiger partial charge in [-0.15, -0.1) is 0 Å². The molecule has 0 radical (unpaired) electrons. The molecule has 2 N–H and O–H groups in total. The number of rotatable bonds is 6. The predicted molar refractivity (Wildman–Crippen MR) is 45.8 cm³/mol. The molecule has 0 aliphatic rings. The standard InChI is InChI=1S/C8H17NO3/c1-3-12-8(11)7(2)9-5-4-6-10/h7,9-10H,3-6H2,1-2H3/t7-/m0/s1. The number of aliphatic hydroxyl groups excluding tert-OH is 1. The van der Waals surface area contributed by atoms with Gasteiger partial charge in [-0.25, -0.2) is 0 Å². The van der Waals surface area contributed by atoms with Crippen molar-refractivity contribution in [3.05, 3.63) is 0 Å². The van der Waals surface area contributed by atoms with E-state index in [9.17, 15) is 4.79 Å². The van der Waals surface area contributed by atoms with Crippen LogP contribution in [0.1, 0.15) is 20.3 Å². The van der Waals surface area contributed by atoms with Crippen molar-refractivity contribution < 1.29 is 14.6 Å². The van der Waals surface area contributed by atoms with Crippen LogP contribution in [0.4, 0.5) is 0 Å². The maximum Gasteiger partial charge on any atom is 0.322 e. The monoisotopic (exact) mass is 175 g/mol. The molecule has 0 amide bonds. The molecule has 0 aromatic heterocycles. The molecule has 0 aliphatic carbocycles. The van der Waals surface area contributed by atoms with Gasteiger partial charge in [-0.05, 0) is 26.8 Å². The Morgan fingerprint density at radius 3 is 2.83 bits per heavy atom. The van der Waals surface area contributed by atoms with E-state index in [-0.39, 0.29) is 18.6 Å². The summed E-state index contributed by atoms with van der Waals surface area (Å²) in [5.41, 5.74) is 0. The summed E-state index contributed by atoms with van der Waals surface area (Å²) in [5.74, 6) is -0.240. The summed E-state index contributed by atoms with van der Waals surface area (Å²) >= 11 is 0. The van der Waals surface area contributed by atoms with E-state index in [0.29, 0.717) is 19.6 Å². The van der Waals surface area contributed by atoms with Gasteiger partial charge in [0.1, 0.15) is 6.04 Å². The lowest BCUT2D eigenvalue weighted by Crippen LogP contribution is -2.36. The van der Waals surface area contributed by atoms with Gasteiger partial charge < -0.3 is 15.2 Å². The first kappa shape index (κ1) is 11.4. The van der Waals surface area contributed by atoms with E-state index in [1.165, 1.54) is 0 Å². The number of carbonyl (C=O) groups is 1. The molecule has 0 aromatic rings. The van der Waals surface area contributed by atoms with Gasteiger partial charge >= 0.3 is 5.97 Å². The Balaban J connectivity index is 3.42. The molecule has 0 bridgehead atoms. The van der Waals surface area contributed by atoms with Crippen molar-refractivity contribution >= 4 is 5.97 Å². The van der Waals surface area contributed by atoms with Crippen LogP contribution in [0.25, 0.3) is 0 Å². The molecule has 0 rings (SSSR count). The second-order valence-corrected chi connectivity index (χ2v) is 2.51. The van der Waals surface area contributed by atoms with Crippen LogP contribution in [0, 0.1) is 0 Å². The van der Waals surface area contributed by atoms with E-state index >= 15 is 0 Å². The Morgan fingerprint density at radius 2 is 2.33 bits per heavy atom. The van der Waals surface area contributed by atoms with Gasteiger partial charge in [0.25, 0.3) is 0 Å². The van der Waals surface area contributed by atoms with Crippen LogP contribution in [0.2, 0.25) is 0 Å². The molecular weight excluding hydrogens is 158 g/mol. The SMILES string of the molecule is CCOC(=O)[C@H](C)NCCCO. The van der Waals surface area contributed by atoms with Crippen LogP contribution in [-0.4, -0.2) is 36.9 Å². The van der Waals surface area contributed by atoms with Crippen molar-refractivity contribution in [1.82, 2.24) is 5.32 Å². The molecule has 4 heteroatoms. The number of aliphatic hydroxyl groups is 1. The summed E-state index contributed by atoms with van der Waals surface area (Å²) < 4.78 is 4.77. The van der Waals surface area contributed by atoms with Gasteiger partial charge in [0, 0.05) is 6.61 Å². The first-order valence-corrected chi connectivity index (χ1v) is 4.23. The zero-order valence-electron chi connectivity index (χ0n) is 7.67. The minimum atomic E-state index is -0.281. The number of hydrogen-bond donors (Lipinski definition) is 2. The molecule has 0 saturated heterocycles. The molecule has 0 spiro atoms. The normalized spacial score (nSPS) is 12.6. The van der Waals surface area contributed by atoms with Gasteiger partial charge in [0.05, 0.1) is 6.61 Å². The van der Waals surface area contributed by atoms with E-state index in [1.807, 2.05) is 0 Å². The molecule has 0 aromatic carbocycles. The molecule has 0 saturated carbocycles. The van der Waals surface area contributed by atoms with E-state index in [4.69, 9.17) is 9.84 Å². The summed E-state index contributed by atoms with van der Waals surface area (Å²) in [7, 11) is 0. The lowest BCUT2D eigenvalue weighted by atomic mass is 10.3. The number of nitrogens with one attached hydrogen (secondary N) is 1. The highest BCUT2D eigenvalue weighted by atomic mass is 16.5. The summed E-state index contributed by atoms with van der Waals surface area (Å²) in [6.07, 6.45) is 0.656. The predicted octanol–water partition coefficient (Wildman–Crippen LogP) is -0.0900. The average Bonchev–Trinajstić information content (AvgIpc) is 2.05. The molecule has 1 atom stereocenters. The first-order valence-electron chi connectivity index (χ1n) is 4.23. The number of esters is 1. The first-order chi connectivity index (χ1) is 5.72. The van der Waals surface area contributed by atoms with Crippen molar-refractivity contribution in [2.24, 2.45) is 0 Å². The van der Waals surface area contributed by atoms with E-state index in [1.54, 1.807) is 13.8 Å². The highest BCUT2D eigenvalue weighted by molar-refractivity contribution is 5.75. The Hall–Kier alpha value is -0.610. The molecule has 0 unspecified atom stereocenters. The minimum absolute atomic E-state index is 0.141. The Kier molecular flexibility index (Phi) is 6.70. The topological polar surface area (TPSA) is 58.6 Å². The van der Waals surface area contributed by atoms with Crippen molar-refractivity contribution in [2.75, 3.05) is 19.8 Å². The van der Waals surface area contributed by atoms with E-state index in [0.717, 1.165) is 0 Å². The third-order valence-electron chi connectivity index (χ3n) is 1.43. The molecule has 0 heterocycles. The third-order valence-corrected chi connectivity index (χ3v) is 1.43. The van der Waals surface area contributed by atoms with Crippen molar-refractivity contribution in [2.45, 2.75) is 26.3 Å². The minimum Gasteiger partial charge on any atom is -0.465 e. The van der Waals surface area contributed by atoms with Crippen molar-refractivity contribution in [3.8, 4) is 0 Å². The number of ether oxygens (including phenoxy) is 1. The van der Waals surface area contributed by atoms with Gasteiger partial charge in [-0.3, -0.25) is 4.79 Å². The van der Waals surface area contributed by atoms with Gasteiger partial charge in [-0.1, -0.05) is 0 Å². The lowest BCUT2D eigenvalue weighted by molar-refractivity contribution is -0.145. The second-order valence-electron chi connectivity index (χ2n) is 2.51. The van der Waals surface area contributed by atoms with Crippen LogP contribution in [-0.2, 0) is 9.53 Å². The summed E-state index contributed by atoms with van der Waals surface area (Å²) in [6.45, 7) is 4.71. The third kappa shape index (κ3) is 5.09. The van der Waals surface area contributed by atoms with Crippen LogP contribution < -0.4 is 5.32 Å². The summed E-state index contributed by atoms with van der Waals surface area (Å²) in [6, 6.07) is -0.281. The second kappa shape index (κ2) is 7.06. The number of hydrogen-bond acceptors (Lipinski definition) is 4. The fourth-order valence-corrected chi connectivity index (χ4v) is 0.748. The van der Waals surface area contributed by atoms with Crippen LogP contribution in [0.5, 0.6) is 0 Å². The molecule has 72 valence electrons. The average molecular weight is 175 g/mol. The van der Waals surface area contributed by atoms with E-state index in [2.05, 4.69) is 5.32 Å². The maximum absolute atomic E-state index is 11.0. The van der Waals surface area contributed by atoms with Gasteiger partial charge in [0.2, 0.25) is 0 Å². The molecule has 4 nitrogen and oxygen atoms in total. The van der Waals surface area contributed by atoms with Crippen molar-refractivity contribution in [3.63, 3.8) is 0 Å². The zero-order chi connectivity index (χ0) is 9.40. The number of carbonyl (C=O) groups excluding carboxylic acids is 1. The van der Waals surface area contributed by atoms with E-state index < -0.39 is 0 Å². The van der Waals surface area contributed by atoms with Gasteiger partial charge in [-0.2, -0.15) is 0 Å². The molecule has 0 fully saturated rings. The Morgan fingerprint density at radius 1 is 1.67 bits per heavy atom. The van der Waals surface area contributed by atoms with Gasteiger partial charge in [0.15, 0.2) is 0 Å².